The van der Waals surface area contributed by atoms with Gasteiger partial charge >= 0.3 is 6.03 Å². The van der Waals surface area contributed by atoms with Gasteiger partial charge in [-0.1, -0.05) is 36.0 Å². The molecule has 122 valence electrons. The van der Waals surface area contributed by atoms with Crippen molar-refractivity contribution in [3.8, 4) is 11.4 Å². The van der Waals surface area contributed by atoms with Gasteiger partial charge in [-0.15, -0.1) is 10.2 Å². The summed E-state index contributed by atoms with van der Waals surface area (Å²) in [5, 5.41) is 10.6. The summed E-state index contributed by atoms with van der Waals surface area (Å²) in [4.78, 5) is 22.6. The summed E-state index contributed by atoms with van der Waals surface area (Å²) in [5.74, 6) is 0.307. The van der Waals surface area contributed by atoms with Crippen LogP contribution in [0.5, 0.6) is 0 Å². The number of nitrogens with zero attached hydrogens (tertiary/aromatic N) is 3. The van der Waals surface area contributed by atoms with Crippen LogP contribution in [0.2, 0.25) is 0 Å². The molecule has 0 spiro atoms. The van der Waals surface area contributed by atoms with Crippen molar-refractivity contribution in [2.45, 2.75) is 37.7 Å². The lowest BCUT2D eigenvalue weighted by Gasteiger charge is -2.12. The van der Waals surface area contributed by atoms with E-state index in [-0.39, 0.29) is 0 Å². The number of primary amides is 1. The average molecular weight is 333 g/mol. The monoisotopic (exact) mass is 333 g/mol. The molecule has 8 heteroatoms. The van der Waals surface area contributed by atoms with Crippen LogP contribution < -0.4 is 11.1 Å². The lowest BCUT2D eigenvalue weighted by Crippen LogP contribution is -2.39. The van der Waals surface area contributed by atoms with Crippen molar-refractivity contribution in [1.82, 2.24) is 20.1 Å². The van der Waals surface area contributed by atoms with Crippen molar-refractivity contribution in [2.75, 3.05) is 0 Å². The molecule has 0 bridgehead atoms. The summed E-state index contributed by atoms with van der Waals surface area (Å²) >= 11 is 1.24. The molecule has 1 atom stereocenters. The highest BCUT2D eigenvalue weighted by Crippen LogP contribution is 2.28. The van der Waals surface area contributed by atoms with Crippen LogP contribution in [-0.2, 0) is 11.3 Å². The first kappa shape index (κ1) is 17.0. The van der Waals surface area contributed by atoms with Crippen molar-refractivity contribution < 1.29 is 9.59 Å². The molecular formula is C15H19N5O2S. The number of aromatic nitrogens is 3. The molecule has 3 N–H and O–H groups in total. The maximum absolute atomic E-state index is 11.8. The minimum absolute atomic E-state index is 0.453. The Kier molecular flexibility index (Phi) is 5.38. The Hall–Kier alpha value is -2.35. The molecule has 23 heavy (non-hydrogen) atoms. The van der Waals surface area contributed by atoms with E-state index in [2.05, 4.69) is 15.5 Å². The first-order valence-electron chi connectivity index (χ1n) is 7.20. The maximum atomic E-state index is 11.8. The lowest BCUT2D eigenvalue weighted by atomic mass is 10.1. The van der Waals surface area contributed by atoms with Gasteiger partial charge in [0.2, 0.25) is 5.91 Å². The number of carbonyl (C=O) groups excluding carboxylic acids is 2. The van der Waals surface area contributed by atoms with E-state index < -0.39 is 17.2 Å². The predicted molar refractivity (Wildman–Crippen MR) is 88.9 cm³/mol. The number of urea groups is 1. The maximum Gasteiger partial charge on any atom is 0.318 e. The molecule has 0 aliphatic carbocycles. The van der Waals surface area contributed by atoms with E-state index in [1.54, 1.807) is 6.92 Å². The van der Waals surface area contributed by atoms with Gasteiger partial charge in [0.1, 0.15) is 0 Å². The number of nitrogens with two attached hydrogens (primary N) is 1. The Labute approximate surface area is 138 Å². The molecule has 0 aliphatic heterocycles. The highest BCUT2D eigenvalue weighted by atomic mass is 32.2. The predicted octanol–water partition coefficient (Wildman–Crippen LogP) is 1.95. The van der Waals surface area contributed by atoms with E-state index in [0.29, 0.717) is 11.7 Å². The fourth-order valence-corrected chi connectivity index (χ4v) is 3.03. The average Bonchev–Trinajstić information content (AvgIpc) is 2.89. The van der Waals surface area contributed by atoms with Crippen LogP contribution in [-0.4, -0.2) is 32.0 Å². The first-order chi connectivity index (χ1) is 10.9. The van der Waals surface area contributed by atoms with E-state index >= 15 is 0 Å². The third-order valence-corrected chi connectivity index (χ3v) is 4.40. The summed E-state index contributed by atoms with van der Waals surface area (Å²) in [6, 6.07) is 7.06. The molecular weight excluding hydrogens is 314 g/mol. The second kappa shape index (κ2) is 7.28. The second-order valence-electron chi connectivity index (χ2n) is 4.98. The second-order valence-corrected chi connectivity index (χ2v) is 6.29. The third kappa shape index (κ3) is 3.89. The molecule has 0 unspecified atom stereocenters. The Balaban J connectivity index is 2.27. The van der Waals surface area contributed by atoms with Crippen LogP contribution >= 0.6 is 11.8 Å². The normalized spacial score (nSPS) is 12.0. The first-order valence-corrected chi connectivity index (χ1v) is 8.08. The third-order valence-electron chi connectivity index (χ3n) is 3.32. The molecule has 1 aromatic carbocycles. The smallest absolute Gasteiger partial charge is 0.318 e. The van der Waals surface area contributed by atoms with E-state index in [9.17, 15) is 9.59 Å². The number of aryl methyl sites for hydroxylation is 1. The number of amides is 3. The standard InChI is InChI=1S/C15H19N5O2S/c1-4-20-12(11-8-6-5-7-9(11)2)18-19-15(20)23-10(3)13(21)17-14(16)22/h5-8,10H,4H2,1-3H3,(H3,16,17,21,22)/t10-/m1/s1. The van der Waals surface area contributed by atoms with Crippen molar-refractivity contribution in [3.05, 3.63) is 29.8 Å². The van der Waals surface area contributed by atoms with E-state index in [0.717, 1.165) is 17.0 Å². The number of nitrogens with one attached hydrogen (secondary N) is 1. The van der Waals surface area contributed by atoms with Gasteiger partial charge in [0.05, 0.1) is 5.25 Å². The fraction of sp³-hybridized carbons (Fsp3) is 0.333. The number of thioether (sulfide) groups is 1. The molecule has 2 rings (SSSR count). The van der Waals surface area contributed by atoms with E-state index in [4.69, 9.17) is 5.73 Å². The topological polar surface area (TPSA) is 103 Å². The molecule has 0 radical (unpaired) electrons. The quantitative estimate of drug-likeness (QED) is 0.814. The number of carbonyl (C=O) groups is 2. The summed E-state index contributed by atoms with van der Waals surface area (Å²) in [5.41, 5.74) is 7.07. The Morgan fingerprint density at radius 1 is 1.35 bits per heavy atom. The Morgan fingerprint density at radius 3 is 2.65 bits per heavy atom. The van der Waals surface area contributed by atoms with E-state index in [1.165, 1.54) is 11.8 Å². The molecule has 7 nitrogen and oxygen atoms in total. The van der Waals surface area contributed by atoms with Crippen LogP contribution in [0, 0.1) is 6.92 Å². The van der Waals surface area contributed by atoms with Crippen LogP contribution in [0.25, 0.3) is 11.4 Å². The van der Waals surface area contributed by atoms with Gasteiger partial charge in [-0.05, 0) is 26.3 Å². The number of hydrogen-bond donors (Lipinski definition) is 2. The molecule has 0 aliphatic rings. The summed E-state index contributed by atoms with van der Waals surface area (Å²) < 4.78 is 1.95. The van der Waals surface area contributed by atoms with Gasteiger partial charge in [-0.2, -0.15) is 0 Å². The largest absolute Gasteiger partial charge is 0.351 e. The van der Waals surface area contributed by atoms with Crippen molar-refractivity contribution in [1.29, 1.82) is 0 Å². The van der Waals surface area contributed by atoms with Crippen LogP contribution in [0.4, 0.5) is 4.79 Å². The molecule has 0 saturated heterocycles. The SMILES string of the molecule is CCn1c(S[C@H](C)C(=O)NC(N)=O)nnc1-c1ccccc1C. The summed E-state index contributed by atoms with van der Waals surface area (Å²) in [6.45, 7) is 6.36. The van der Waals surface area contributed by atoms with Crippen molar-refractivity contribution >= 4 is 23.7 Å². The number of hydrogen-bond acceptors (Lipinski definition) is 5. The van der Waals surface area contributed by atoms with Gasteiger partial charge in [0.15, 0.2) is 11.0 Å². The van der Waals surface area contributed by atoms with Gasteiger partial charge in [0, 0.05) is 12.1 Å². The Morgan fingerprint density at radius 2 is 2.04 bits per heavy atom. The minimum atomic E-state index is -0.861. The molecule has 2 aromatic rings. The fourth-order valence-electron chi connectivity index (χ4n) is 2.12. The molecule has 0 fully saturated rings. The number of imide groups is 1. The zero-order valence-corrected chi connectivity index (χ0v) is 14.1. The van der Waals surface area contributed by atoms with E-state index in [1.807, 2.05) is 42.7 Å². The number of benzene rings is 1. The van der Waals surface area contributed by atoms with Gasteiger partial charge in [-0.25, -0.2) is 4.79 Å². The zero-order valence-electron chi connectivity index (χ0n) is 13.2. The number of rotatable bonds is 5. The molecule has 3 amide bonds. The zero-order chi connectivity index (χ0) is 17.0. The highest BCUT2D eigenvalue weighted by Gasteiger charge is 2.21. The van der Waals surface area contributed by atoms with Crippen molar-refractivity contribution in [2.24, 2.45) is 5.73 Å². The van der Waals surface area contributed by atoms with Crippen LogP contribution in [0.15, 0.2) is 29.4 Å². The summed E-state index contributed by atoms with van der Waals surface area (Å²) in [6.07, 6.45) is 0. The molecule has 1 aromatic heterocycles. The minimum Gasteiger partial charge on any atom is -0.351 e. The van der Waals surface area contributed by atoms with Gasteiger partial charge in [0.25, 0.3) is 0 Å². The molecule has 0 saturated carbocycles. The lowest BCUT2D eigenvalue weighted by molar-refractivity contribution is -0.119. The van der Waals surface area contributed by atoms with Crippen LogP contribution in [0.3, 0.4) is 0 Å². The van der Waals surface area contributed by atoms with Crippen LogP contribution in [0.1, 0.15) is 19.4 Å². The van der Waals surface area contributed by atoms with Gasteiger partial charge < -0.3 is 10.3 Å². The van der Waals surface area contributed by atoms with Gasteiger partial charge in [-0.3, -0.25) is 10.1 Å². The van der Waals surface area contributed by atoms with Crippen molar-refractivity contribution in [3.63, 3.8) is 0 Å². The molecule has 1 heterocycles. The summed E-state index contributed by atoms with van der Waals surface area (Å²) in [7, 11) is 0. The highest BCUT2D eigenvalue weighted by molar-refractivity contribution is 8.00. The Bertz CT molecular complexity index is 728.